The standard InChI is InChI=1S/C15H23N3O3S/c1-12(17(2)14-6-4-3-5-7-14)9-18-10-13(8-15(18)19)11-22(16,20)21/h3-7,12-13H,8-11H2,1-2H3,(H2,16,20,21). The Morgan fingerprint density at radius 2 is 2.00 bits per heavy atom. The van der Waals surface area contributed by atoms with Crippen LogP contribution in [0.4, 0.5) is 5.69 Å². The Morgan fingerprint density at radius 3 is 2.59 bits per heavy atom. The molecule has 1 aliphatic heterocycles. The molecule has 1 aromatic carbocycles. The number of nitrogens with two attached hydrogens (primary N) is 1. The maximum absolute atomic E-state index is 12.0. The largest absolute Gasteiger partial charge is 0.370 e. The number of primary sulfonamides is 1. The number of benzene rings is 1. The van der Waals surface area contributed by atoms with Crippen molar-refractivity contribution in [1.82, 2.24) is 4.90 Å². The van der Waals surface area contributed by atoms with Crippen molar-refractivity contribution in [3.05, 3.63) is 30.3 Å². The van der Waals surface area contributed by atoms with Gasteiger partial charge in [-0.2, -0.15) is 0 Å². The summed E-state index contributed by atoms with van der Waals surface area (Å²) < 4.78 is 22.3. The van der Waals surface area contributed by atoms with Gasteiger partial charge in [-0.05, 0) is 19.1 Å². The van der Waals surface area contributed by atoms with Gasteiger partial charge in [-0.1, -0.05) is 18.2 Å². The third-order valence-electron chi connectivity index (χ3n) is 4.07. The van der Waals surface area contributed by atoms with Crippen molar-refractivity contribution in [2.75, 3.05) is 30.8 Å². The van der Waals surface area contributed by atoms with Gasteiger partial charge in [-0.25, -0.2) is 13.6 Å². The van der Waals surface area contributed by atoms with Crippen LogP contribution in [0.1, 0.15) is 13.3 Å². The molecule has 1 fully saturated rings. The Labute approximate surface area is 131 Å². The lowest BCUT2D eigenvalue weighted by atomic mass is 10.1. The summed E-state index contributed by atoms with van der Waals surface area (Å²) >= 11 is 0. The molecule has 0 saturated carbocycles. The zero-order valence-electron chi connectivity index (χ0n) is 13.0. The molecule has 0 radical (unpaired) electrons. The summed E-state index contributed by atoms with van der Waals surface area (Å²) in [6.07, 6.45) is 0.262. The van der Waals surface area contributed by atoms with Crippen LogP contribution in [0.2, 0.25) is 0 Å². The van der Waals surface area contributed by atoms with E-state index in [1.165, 1.54) is 0 Å². The molecule has 1 aromatic rings. The van der Waals surface area contributed by atoms with Gasteiger partial charge in [-0.15, -0.1) is 0 Å². The van der Waals surface area contributed by atoms with E-state index in [1.54, 1.807) is 4.90 Å². The highest BCUT2D eigenvalue weighted by atomic mass is 32.2. The number of sulfonamides is 1. The molecular formula is C15H23N3O3S. The topological polar surface area (TPSA) is 83.7 Å². The van der Waals surface area contributed by atoms with Crippen molar-refractivity contribution in [2.45, 2.75) is 19.4 Å². The zero-order chi connectivity index (χ0) is 16.3. The number of carbonyl (C=O) groups is 1. The fourth-order valence-corrected chi connectivity index (χ4v) is 3.71. The van der Waals surface area contributed by atoms with Crippen molar-refractivity contribution in [2.24, 2.45) is 11.1 Å². The van der Waals surface area contributed by atoms with Gasteiger partial charge in [0.1, 0.15) is 0 Å². The molecule has 1 saturated heterocycles. The highest BCUT2D eigenvalue weighted by molar-refractivity contribution is 7.89. The lowest BCUT2D eigenvalue weighted by Crippen LogP contribution is -2.41. The second kappa shape index (κ2) is 6.66. The number of hydrogen-bond donors (Lipinski definition) is 1. The lowest BCUT2D eigenvalue weighted by Gasteiger charge is -2.30. The van der Waals surface area contributed by atoms with Crippen LogP contribution in [0.5, 0.6) is 0 Å². The third kappa shape index (κ3) is 4.45. The predicted molar refractivity (Wildman–Crippen MR) is 87.0 cm³/mol. The number of nitrogens with zero attached hydrogens (tertiary/aromatic N) is 2. The number of carbonyl (C=O) groups excluding carboxylic acids is 1. The Morgan fingerprint density at radius 1 is 1.36 bits per heavy atom. The molecule has 1 aliphatic rings. The fourth-order valence-electron chi connectivity index (χ4n) is 2.83. The fraction of sp³-hybridized carbons (Fsp3) is 0.533. The highest BCUT2D eigenvalue weighted by Gasteiger charge is 2.32. The average Bonchev–Trinajstić information content (AvgIpc) is 2.76. The first-order valence-electron chi connectivity index (χ1n) is 7.32. The van der Waals surface area contributed by atoms with Crippen LogP contribution in [0.3, 0.4) is 0 Å². The number of rotatable bonds is 6. The quantitative estimate of drug-likeness (QED) is 0.832. The van der Waals surface area contributed by atoms with Gasteiger partial charge in [0.25, 0.3) is 0 Å². The Hall–Kier alpha value is -1.60. The van der Waals surface area contributed by atoms with Crippen LogP contribution in [-0.2, 0) is 14.8 Å². The average molecular weight is 325 g/mol. The lowest BCUT2D eigenvalue weighted by molar-refractivity contribution is -0.127. The Balaban J connectivity index is 1.94. The van der Waals surface area contributed by atoms with Crippen LogP contribution in [0.15, 0.2) is 30.3 Å². The molecule has 2 unspecified atom stereocenters. The van der Waals surface area contributed by atoms with E-state index in [1.807, 2.05) is 44.3 Å². The van der Waals surface area contributed by atoms with E-state index in [9.17, 15) is 13.2 Å². The summed E-state index contributed by atoms with van der Waals surface area (Å²) in [5.74, 6) is -0.322. The second-order valence-electron chi connectivity index (χ2n) is 5.99. The number of likely N-dealkylation sites (tertiary alicyclic amines) is 1. The van der Waals surface area contributed by atoms with E-state index >= 15 is 0 Å². The molecule has 0 bridgehead atoms. The number of likely N-dealkylation sites (N-methyl/N-ethyl adjacent to an activating group) is 1. The maximum atomic E-state index is 12.0. The van der Waals surface area contributed by atoms with Gasteiger partial charge in [0.2, 0.25) is 15.9 Å². The van der Waals surface area contributed by atoms with E-state index < -0.39 is 10.0 Å². The van der Waals surface area contributed by atoms with Gasteiger partial charge in [0.05, 0.1) is 5.75 Å². The highest BCUT2D eigenvalue weighted by Crippen LogP contribution is 2.21. The monoisotopic (exact) mass is 325 g/mol. The number of para-hydroxylation sites is 1. The Bertz CT molecular complexity index is 618. The minimum Gasteiger partial charge on any atom is -0.370 e. The van der Waals surface area contributed by atoms with Crippen molar-refractivity contribution in [1.29, 1.82) is 0 Å². The smallest absolute Gasteiger partial charge is 0.223 e. The zero-order valence-corrected chi connectivity index (χ0v) is 13.8. The van der Waals surface area contributed by atoms with E-state index in [-0.39, 0.29) is 30.0 Å². The molecule has 1 heterocycles. The van der Waals surface area contributed by atoms with Crippen LogP contribution in [0, 0.1) is 5.92 Å². The summed E-state index contributed by atoms with van der Waals surface area (Å²) in [6, 6.07) is 10.1. The molecule has 0 aromatic heterocycles. The predicted octanol–water partition coefficient (Wildman–Crippen LogP) is 0.648. The molecule has 1 amide bonds. The van der Waals surface area contributed by atoms with Crippen molar-refractivity contribution in [3.8, 4) is 0 Å². The Kier molecular flexibility index (Phi) is 5.08. The van der Waals surface area contributed by atoms with Crippen LogP contribution in [0.25, 0.3) is 0 Å². The summed E-state index contributed by atoms with van der Waals surface area (Å²) in [4.78, 5) is 15.9. The number of amides is 1. The molecular weight excluding hydrogens is 302 g/mol. The van der Waals surface area contributed by atoms with Crippen molar-refractivity contribution >= 4 is 21.6 Å². The van der Waals surface area contributed by atoms with Gasteiger partial charge in [0.15, 0.2) is 0 Å². The summed E-state index contributed by atoms with van der Waals surface area (Å²) in [6.45, 7) is 3.08. The first-order chi connectivity index (χ1) is 10.3. The molecule has 122 valence electrons. The minimum absolute atomic E-state index is 0.00182. The SMILES string of the molecule is CC(CN1CC(CS(N)(=O)=O)CC1=O)N(C)c1ccccc1. The van der Waals surface area contributed by atoms with Crippen LogP contribution in [-0.4, -0.2) is 51.2 Å². The second-order valence-corrected chi connectivity index (χ2v) is 7.65. The molecule has 7 heteroatoms. The number of hydrogen-bond acceptors (Lipinski definition) is 4. The van der Waals surface area contributed by atoms with Gasteiger partial charge in [0, 0.05) is 44.2 Å². The summed E-state index contributed by atoms with van der Waals surface area (Å²) in [7, 11) is -1.54. The summed E-state index contributed by atoms with van der Waals surface area (Å²) in [5.41, 5.74) is 1.09. The third-order valence-corrected chi connectivity index (χ3v) is 5.01. The normalized spacial score (nSPS) is 20.2. The first-order valence-corrected chi connectivity index (χ1v) is 9.04. The van der Waals surface area contributed by atoms with Crippen LogP contribution >= 0.6 is 0 Å². The van der Waals surface area contributed by atoms with E-state index in [4.69, 9.17) is 5.14 Å². The molecule has 22 heavy (non-hydrogen) atoms. The molecule has 0 aliphatic carbocycles. The van der Waals surface area contributed by atoms with Crippen molar-refractivity contribution in [3.63, 3.8) is 0 Å². The molecule has 2 N–H and O–H groups in total. The summed E-state index contributed by atoms with van der Waals surface area (Å²) in [5, 5.41) is 5.07. The van der Waals surface area contributed by atoms with Crippen LogP contribution < -0.4 is 10.0 Å². The van der Waals surface area contributed by atoms with Crippen molar-refractivity contribution < 1.29 is 13.2 Å². The first kappa shape index (κ1) is 16.8. The molecule has 2 atom stereocenters. The molecule has 6 nitrogen and oxygen atoms in total. The van der Waals surface area contributed by atoms with E-state index in [0.717, 1.165) is 5.69 Å². The molecule has 0 spiro atoms. The molecule has 2 rings (SSSR count). The van der Waals surface area contributed by atoms with E-state index in [0.29, 0.717) is 13.1 Å². The van der Waals surface area contributed by atoms with Gasteiger partial charge >= 0.3 is 0 Å². The van der Waals surface area contributed by atoms with Gasteiger partial charge in [-0.3, -0.25) is 4.79 Å². The maximum Gasteiger partial charge on any atom is 0.223 e. The minimum atomic E-state index is -3.53. The van der Waals surface area contributed by atoms with E-state index in [2.05, 4.69) is 4.90 Å². The van der Waals surface area contributed by atoms with Gasteiger partial charge < -0.3 is 9.80 Å². The number of anilines is 1.